The first-order valence-electron chi connectivity index (χ1n) is 5.21. The number of ether oxygens (including phenoxy) is 1. The molecule has 0 amide bonds. The van der Waals surface area contributed by atoms with E-state index in [2.05, 4.69) is 0 Å². The molecule has 0 spiro atoms. The van der Waals surface area contributed by atoms with Crippen LogP contribution in [0.3, 0.4) is 0 Å². The molecule has 2 unspecified atom stereocenters. The fourth-order valence-electron chi connectivity index (χ4n) is 2.15. The third kappa shape index (κ3) is 1.76. The van der Waals surface area contributed by atoms with Crippen LogP contribution in [0.1, 0.15) is 23.7 Å². The number of aryl methyl sites for hydroxylation is 1. The molecule has 2 atom stereocenters. The standard InChI is InChI=1S/C12H14O4/c1-16-8-4-2-7-3-5-9(12(14)15)11(13)10(7)6-8/h2,4,6,9,11,13H,3,5H2,1H3,(H,14,15). The lowest BCUT2D eigenvalue weighted by Crippen LogP contribution is -2.27. The fourth-order valence-corrected chi connectivity index (χ4v) is 2.15. The van der Waals surface area contributed by atoms with E-state index in [4.69, 9.17) is 9.84 Å². The van der Waals surface area contributed by atoms with Gasteiger partial charge in [-0.15, -0.1) is 0 Å². The highest BCUT2D eigenvalue weighted by molar-refractivity contribution is 5.71. The summed E-state index contributed by atoms with van der Waals surface area (Å²) in [7, 11) is 1.55. The average molecular weight is 222 g/mol. The zero-order valence-corrected chi connectivity index (χ0v) is 9.01. The average Bonchev–Trinajstić information content (AvgIpc) is 2.28. The second kappa shape index (κ2) is 4.14. The zero-order valence-electron chi connectivity index (χ0n) is 9.01. The lowest BCUT2D eigenvalue weighted by atomic mass is 9.81. The molecule has 0 aromatic heterocycles. The van der Waals surface area contributed by atoms with Gasteiger partial charge < -0.3 is 14.9 Å². The van der Waals surface area contributed by atoms with Crippen molar-refractivity contribution < 1.29 is 19.7 Å². The van der Waals surface area contributed by atoms with Gasteiger partial charge in [0.2, 0.25) is 0 Å². The van der Waals surface area contributed by atoms with E-state index >= 15 is 0 Å². The molecule has 2 N–H and O–H groups in total. The van der Waals surface area contributed by atoms with E-state index in [-0.39, 0.29) is 0 Å². The van der Waals surface area contributed by atoms with Gasteiger partial charge in [0.25, 0.3) is 0 Å². The lowest BCUT2D eigenvalue weighted by Gasteiger charge is -2.27. The molecule has 1 aliphatic rings. The molecule has 16 heavy (non-hydrogen) atoms. The topological polar surface area (TPSA) is 66.8 Å². The summed E-state index contributed by atoms with van der Waals surface area (Å²) < 4.78 is 5.07. The van der Waals surface area contributed by atoms with Crippen LogP contribution in [0.15, 0.2) is 18.2 Å². The predicted octanol–water partition coefficient (Wildman–Crippen LogP) is 1.38. The highest BCUT2D eigenvalue weighted by Crippen LogP contribution is 2.36. The first-order chi connectivity index (χ1) is 7.63. The van der Waals surface area contributed by atoms with Crippen LogP contribution in [-0.4, -0.2) is 23.3 Å². The number of fused-ring (bicyclic) bond motifs is 1. The fraction of sp³-hybridized carbons (Fsp3) is 0.417. The van der Waals surface area contributed by atoms with Crippen LogP contribution in [0, 0.1) is 5.92 Å². The first kappa shape index (κ1) is 11.0. The van der Waals surface area contributed by atoms with Gasteiger partial charge in [0, 0.05) is 0 Å². The SMILES string of the molecule is COc1ccc2c(c1)C(O)C(C(=O)O)CC2. The molecular formula is C12H14O4. The Labute approximate surface area is 93.5 Å². The normalized spacial score (nSPS) is 23.6. The maximum atomic E-state index is 10.9. The Hall–Kier alpha value is -1.55. The molecule has 0 fully saturated rings. The Kier molecular flexibility index (Phi) is 2.83. The van der Waals surface area contributed by atoms with E-state index in [0.717, 1.165) is 5.56 Å². The number of aliphatic carboxylic acids is 1. The Balaban J connectivity index is 2.38. The maximum absolute atomic E-state index is 10.9. The second-order valence-electron chi connectivity index (χ2n) is 3.99. The van der Waals surface area contributed by atoms with Crippen molar-refractivity contribution in [3.05, 3.63) is 29.3 Å². The molecule has 2 rings (SSSR count). The molecule has 0 bridgehead atoms. The van der Waals surface area contributed by atoms with E-state index in [0.29, 0.717) is 24.2 Å². The summed E-state index contributed by atoms with van der Waals surface area (Å²) in [5.41, 5.74) is 1.68. The third-order valence-corrected chi connectivity index (χ3v) is 3.09. The monoisotopic (exact) mass is 222 g/mol. The van der Waals surface area contributed by atoms with E-state index in [9.17, 15) is 9.90 Å². The van der Waals surface area contributed by atoms with Crippen molar-refractivity contribution in [1.82, 2.24) is 0 Å². The summed E-state index contributed by atoms with van der Waals surface area (Å²) in [6.45, 7) is 0. The number of rotatable bonds is 2. The minimum atomic E-state index is -0.944. The van der Waals surface area contributed by atoms with Crippen LogP contribution < -0.4 is 4.74 Å². The number of aliphatic hydroxyl groups excluding tert-OH is 1. The summed E-state index contributed by atoms with van der Waals surface area (Å²) in [6, 6.07) is 5.43. The van der Waals surface area contributed by atoms with Gasteiger partial charge in [0.1, 0.15) is 5.75 Å². The van der Waals surface area contributed by atoms with Gasteiger partial charge in [0.05, 0.1) is 19.1 Å². The molecule has 4 nitrogen and oxygen atoms in total. The van der Waals surface area contributed by atoms with E-state index in [1.807, 2.05) is 12.1 Å². The second-order valence-corrected chi connectivity index (χ2v) is 3.99. The summed E-state index contributed by atoms with van der Waals surface area (Å²) in [6.07, 6.45) is 0.236. The van der Waals surface area contributed by atoms with Crippen LogP contribution in [0.25, 0.3) is 0 Å². The van der Waals surface area contributed by atoms with Crippen molar-refractivity contribution in [3.63, 3.8) is 0 Å². The van der Waals surface area contributed by atoms with Gasteiger partial charge in [-0.2, -0.15) is 0 Å². The molecule has 0 radical (unpaired) electrons. The number of carboxylic acid groups (broad SMARTS) is 1. The molecule has 0 saturated carbocycles. The van der Waals surface area contributed by atoms with Crippen LogP contribution in [0.5, 0.6) is 5.75 Å². The van der Waals surface area contributed by atoms with Gasteiger partial charge in [0.15, 0.2) is 0 Å². The number of hydrogen-bond acceptors (Lipinski definition) is 3. The van der Waals surface area contributed by atoms with Gasteiger partial charge in [-0.05, 0) is 36.1 Å². The number of benzene rings is 1. The van der Waals surface area contributed by atoms with E-state index in [1.54, 1.807) is 13.2 Å². The minimum Gasteiger partial charge on any atom is -0.497 e. The van der Waals surface area contributed by atoms with Crippen LogP contribution in [0.2, 0.25) is 0 Å². The predicted molar refractivity (Wildman–Crippen MR) is 57.4 cm³/mol. The quantitative estimate of drug-likeness (QED) is 0.793. The number of aliphatic hydroxyl groups is 1. The third-order valence-electron chi connectivity index (χ3n) is 3.09. The zero-order chi connectivity index (χ0) is 11.7. The summed E-state index contributed by atoms with van der Waals surface area (Å²) in [5, 5.41) is 18.9. The lowest BCUT2D eigenvalue weighted by molar-refractivity contribution is -0.146. The van der Waals surface area contributed by atoms with Crippen molar-refractivity contribution in [2.75, 3.05) is 7.11 Å². The molecule has 0 saturated heterocycles. The van der Waals surface area contributed by atoms with Gasteiger partial charge in [-0.25, -0.2) is 0 Å². The van der Waals surface area contributed by atoms with E-state index in [1.165, 1.54) is 0 Å². The van der Waals surface area contributed by atoms with Gasteiger partial charge in [-0.3, -0.25) is 4.79 Å². The molecule has 86 valence electrons. The highest BCUT2D eigenvalue weighted by atomic mass is 16.5. The van der Waals surface area contributed by atoms with Crippen LogP contribution in [-0.2, 0) is 11.2 Å². The molecule has 1 aromatic carbocycles. The summed E-state index contributed by atoms with van der Waals surface area (Å²) in [4.78, 5) is 10.9. The Bertz CT molecular complexity index is 413. The van der Waals surface area contributed by atoms with Crippen molar-refractivity contribution >= 4 is 5.97 Å². The molecule has 0 aliphatic heterocycles. The van der Waals surface area contributed by atoms with Crippen molar-refractivity contribution in [2.45, 2.75) is 18.9 Å². The van der Waals surface area contributed by atoms with E-state index < -0.39 is 18.0 Å². The Morgan fingerprint density at radius 2 is 2.25 bits per heavy atom. The van der Waals surface area contributed by atoms with Crippen molar-refractivity contribution in [2.24, 2.45) is 5.92 Å². The van der Waals surface area contributed by atoms with Gasteiger partial charge >= 0.3 is 5.97 Å². The molecule has 1 aromatic rings. The molecule has 0 heterocycles. The largest absolute Gasteiger partial charge is 0.497 e. The molecule has 4 heteroatoms. The highest BCUT2D eigenvalue weighted by Gasteiger charge is 2.33. The van der Waals surface area contributed by atoms with Crippen LogP contribution in [0.4, 0.5) is 0 Å². The summed E-state index contributed by atoms with van der Waals surface area (Å²) >= 11 is 0. The van der Waals surface area contributed by atoms with Crippen molar-refractivity contribution in [3.8, 4) is 5.75 Å². The summed E-state index contributed by atoms with van der Waals surface area (Å²) in [5.74, 6) is -1.01. The first-order valence-corrected chi connectivity index (χ1v) is 5.21. The molecular weight excluding hydrogens is 208 g/mol. The smallest absolute Gasteiger partial charge is 0.309 e. The van der Waals surface area contributed by atoms with Crippen molar-refractivity contribution in [1.29, 1.82) is 0 Å². The Morgan fingerprint density at radius 3 is 2.88 bits per heavy atom. The Morgan fingerprint density at radius 1 is 1.50 bits per heavy atom. The number of hydrogen-bond donors (Lipinski definition) is 2. The minimum absolute atomic E-state index is 0.482. The number of methoxy groups -OCH3 is 1. The molecule has 1 aliphatic carbocycles. The van der Waals surface area contributed by atoms with Crippen LogP contribution >= 0.6 is 0 Å². The maximum Gasteiger partial charge on any atom is 0.309 e. The number of carbonyl (C=O) groups is 1. The number of carboxylic acids is 1. The van der Waals surface area contributed by atoms with Gasteiger partial charge in [-0.1, -0.05) is 6.07 Å².